The minimum atomic E-state index is -3.52. The minimum Gasteiger partial charge on any atom is -0.346 e. The first-order valence-electron chi connectivity index (χ1n) is 10.1. The third-order valence-electron chi connectivity index (χ3n) is 5.99. The Bertz CT molecular complexity index is 766. The number of aromatic nitrogens is 2. The molecule has 3 rings (SSSR count). The van der Waals surface area contributed by atoms with E-state index >= 15 is 0 Å². The highest BCUT2D eigenvalue weighted by molar-refractivity contribution is 7.89. The molecule has 0 N–H and O–H groups in total. The molecule has 0 bridgehead atoms. The van der Waals surface area contributed by atoms with E-state index in [1.165, 1.54) is 0 Å². The summed E-state index contributed by atoms with van der Waals surface area (Å²) < 4.78 is 29.5. The average Bonchev–Trinajstić information content (AvgIpc) is 2.94. The van der Waals surface area contributed by atoms with Gasteiger partial charge in [0.05, 0.1) is 5.69 Å². The fraction of sp³-hybridized carbons (Fsp3) is 0.789. The highest BCUT2D eigenvalue weighted by Crippen LogP contribution is 2.33. The quantitative estimate of drug-likeness (QED) is 0.765. The lowest BCUT2D eigenvalue weighted by Crippen LogP contribution is -2.43. The van der Waals surface area contributed by atoms with E-state index in [0.29, 0.717) is 23.7 Å². The zero-order chi connectivity index (χ0) is 19.6. The number of aryl methyl sites for hydroxylation is 2. The minimum absolute atomic E-state index is 0.0522. The molecule has 0 aromatic carbocycles. The number of nitrogens with zero attached hydrogens (tertiary/aromatic N) is 4. The van der Waals surface area contributed by atoms with Crippen molar-refractivity contribution in [1.82, 2.24) is 19.0 Å². The molecule has 7 nitrogen and oxygen atoms in total. The SMILES string of the molecule is CCCn1cc(S(=O)(=O)N2CCC([C@H]3CCCCN(C)C3=O)CC2)c(C)n1. The molecule has 8 heteroatoms. The molecule has 1 amide bonds. The second-order valence-corrected chi connectivity index (χ2v) is 9.85. The highest BCUT2D eigenvalue weighted by atomic mass is 32.2. The summed E-state index contributed by atoms with van der Waals surface area (Å²) in [6.45, 7) is 6.32. The summed E-state index contributed by atoms with van der Waals surface area (Å²) in [6, 6.07) is 0. The molecule has 0 spiro atoms. The van der Waals surface area contributed by atoms with Crippen molar-refractivity contribution in [3.05, 3.63) is 11.9 Å². The van der Waals surface area contributed by atoms with Gasteiger partial charge in [0.2, 0.25) is 15.9 Å². The van der Waals surface area contributed by atoms with Crippen LogP contribution in [0.1, 0.15) is 51.1 Å². The number of likely N-dealkylation sites (tertiary alicyclic amines) is 1. The van der Waals surface area contributed by atoms with Gasteiger partial charge >= 0.3 is 0 Å². The van der Waals surface area contributed by atoms with Gasteiger partial charge in [0, 0.05) is 45.3 Å². The molecule has 2 saturated heterocycles. The van der Waals surface area contributed by atoms with Crippen LogP contribution in [0, 0.1) is 18.8 Å². The fourth-order valence-electron chi connectivity index (χ4n) is 4.42. The molecule has 0 radical (unpaired) electrons. The first-order chi connectivity index (χ1) is 12.8. The van der Waals surface area contributed by atoms with E-state index in [9.17, 15) is 13.2 Å². The predicted octanol–water partition coefficient (Wildman–Crippen LogP) is 2.26. The monoisotopic (exact) mass is 396 g/mol. The lowest BCUT2D eigenvalue weighted by molar-refractivity contribution is -0.135. The van der Waals surface area contributed by atoms with Crippen molar-refractivity contribution < 1.29 is 13.2 Å². The van der Waals surface area contributed by atoms with E-state index in [0.717, 1.165) is 51.6 Å². The van der Waals surface area contributed by atoms with Crippen LogP contribution < -0.4 is 0 Å². The van der Waals surface area contributed by atoms with E-state index in [4.69, 9.17) is 0 Å². The van der Waals surface area contributed by atoms with Crippen LogP contribution in [-0.4, -0.2) is 60.0 Å². The first-order valence-corrected chi connectivity index (χ1v) is 11.6. The van der Waals surface area contributed by atoms with Crippen LogP contribution >= 0.6 is 0 Å². The molecule has 27 heavy (non-hydrogen) atoms. The van der Waals surface area contributed by atoms with Gasteiger partial charge in [0.15, 0.2) is 0 Å². The Morgan fingerprint density at radius 1 is 1.15 bits per heavy atom. The van der Waals surface area contributed by atoms with Crippen molar-refractivity contribution in [3.63, 3.8) is 0 Å². The first kappa shape index (κ1) is 20.3. The number of piperidine rings is 1. The maximum absolute atomic E-state index is 13.1. The Kier molecular flexibility index (Phi) is 6.25. The van der Waals surface area contributed by atoms with Gasteiger partial charge < -0.3 is 4.90 Å². The van der Waals surface area contributed by atoms with E-state index in [2.05, 4.69) is 5.10 Å². The number of carbonyl (C=O) groups excluding carboxylic acids is 1. The third kappa shape index (κ3) is 4.21. The second kappa shape index (κ2) is 8.31. The summed E-state index contributed by atoms with van der Waals surface area (Å²) in [5.74, 6) is 0.579. The van der Waals surface area contributed by atoms with Crippen molar-refractivity contribution in [1.29, 1.82) is 0 Å². The molecule has 1 aromatic heterocycles. The molecular formula is C19H32N4O3S. The number of amides is 1. The molecule has 2 aliphatic heterocycles. The Morgan fingerprint density at radius 3 is 2.52 bits per heavy atom. The molecular weight excluding hydrogens is 364 g/mol. The molecule has 2 fully saturated rings. The largest absolute Gasteiger partial charge is 0.346 e. The third-order valence-corrected chi connectivity index (χ3v) is 7.99. The summed E-state index contributed by atoms with van der Waals surface area (Å²) >= 11 is 0. The van der Waals surface area contributed by atoms with E-state index in [-0.39, 0.29) is 17.7 Å². The van der Waals surface area contributed by atoms with Crippen molar-refractivity contribution in [2.75, 3.05) is 26.7 Å². The fourth-order valence-corrected chi connectivity index (χ4v) is 6.06. The number of sulfonamides is 1. The number of hydrogen-bond acceptors (Lipinski definition) is 4. The van der Waals surface area contributed by atoms with Gasteiger partial charge in [0.25, 0.3) is 0 Å². The molecule has 3 heterocycles. The normalized spacial score (nSPS) is 23.6. The Hall–Kier alpha value is -1.41. The molecule has 0 saturated carbocycles. The molecule has 152 valence electrons. The van der Waals surface area contributed by atoms with Gasteiger partial charge in [-0.25, -0.2) is 8.42 Å². The summed E-state index contributed by atoms with van der Waals surface area (Å²) in [5.41, 5.74) is 0.561. The topological polar surface area (TPSA) is 75.5 Å². The Labute approximate surface area is 162 Å². The maximum atomic E-state index is 13.1. The number of carbonyl (C=O) groups is 1. The number of hydrogen-bond donors (Lipinski definition) is 0. The zero-order valence-electron chi connectivity index (χ0n) is 16.7. The number of rotatable bonds is 5. The predicted molar refractivity (Wildman–Crippen MR) is 104 cm³/mol. The molecule has 0 aliphatic carbocycles. The lowest BCUT2D eigenvalue weighted by atomic mass is 9.81. The summed E-state index contributed by atoms with van der Waals surface area (Å²) in [5, 5.41) is 4.34. The van der Waals surface area contributed by atoms with Crippen LogP contribution in [0.5, 0.6) is 0 Å². The van der Waals surface area contributed by atoms with E-state index in [1.54, 1.807) is 22.1 Å². The Balaban J connectivity index is 1.68. The van der Waals surface area contributed by atoms with Crippen LogP contribution in [-0.2, 0) is 21.4 Å². The summed E-state index contributed by atoms with van der Waals surface area (Å²) in [6.07, 6.45) is 7.16. The second-order valence-electron chi connectivity index (χ2n) is 7.95. The van der Waals surface area contributed by atoms with Crippen molar-refractivity contribution in [3.8, 4) is 0 Å². The van der Waals surface area contributed by atoms with E-state index in [1.807, 2.05) is 18.9 Å². The van der Waals surface area contributed by atoms with Crippen LogP contribution in [0.25, 0.3) is 0 Å². The van der Waals surface area contributed by atoms with Crippen LogP contribution in [0.15, 0.2) is 11.1 Å². The lowest BCUT2D eigenvalue weighted by Gasteiger charge is -2.35. The zero-order valence-corrected chi connectivity index (χ0v) is 17.5. The van der Waals surface area contributed by atoms with Gasteiger partial charge in [-0.15, -0.1) is 0 Å². The average molecular weight is 397 g/mol. The standard InChI is InChI=1S/C19H32N4O3S/c1-4-10-22-14-18(15(2)20-22)27(25,26)23-12-8-16(9-13-23)17-7-5-6-11-21(3)19(17)24/h14,16-17H,4-13H2,1-3H3/t17-/m1/s1. The van der Waals surface area contributed by atoms with E-state index < -0.39 is 10.0 Å². The van der Waals surface area contributed by atoms with Crippen LogP contribution in [0.2, 0.25) is 0 Å². The van der Waals surface area contributed by atoms with Gasteiger partial charge in [-0.2, -0.15) is 9.40 Å². The summed E-state index contributed by atoms with van der Waals surface area (Å²) in [4.78, 5) is 14.8. The smallest absolute Gasteiger partial charge is 0.246 e. The van der Waals surface area contributed by atoms with Crippen LogP contribution in [0.4, 0.5) is 0 Å². The van der Waals surface area contributed by atoms with Gasteiger partial charge in [-0.05, 0) is 44.9 Å². The maximum Gasteiger partial charge on any atom is 0.246 e. The van der Waals surface area contributed by atoms with Gasteiger partial charge in [-0.3, -0.25) is 9.48 Å². The van der Waals surface area contributed by atoms with Gasteiger partial charge in [-0.1, -0.05) is 13.3 Å². The Morgan fingerprint density at radius 2 is 1.85 bits per heavy atom. The summed E-state index contributed by atoms with van der Waals surface area (Å²) in [7, 11) is -1.64. The van der Waals surface area contributed by atoms with Crippen molar-refractivity contribution in [2.45, 2.75) is 63.8 Å². The molecule has 1 atom stereocenters. The van der Waals surface area contributed by atoms with Crippen molar-refractivity contribution in [2.24, 2.45) is 11.8 Å². The van der Waals surface area contributed by atoms with Crippen LogP contribution in [0.3, 0.4) is 0 Å². The van der Waals surface area contributed by atoms with Gasteiger partial charge in [0.1, 0.15) is 4.90 Å². The molecule has 1 aromatic rings. The highest BCUT2D eigenvalue weighted by Gasteiger charge is 2.37. The molecule has 2 aliphatic rings. The molecule has 0 unspecified atom stereocenters. The van der Waals surface area contributed by atoms with Crippen molar-refractivity contribution >= 4 is 15.9 Å².